The van der Waals surface area contributed by atoms with E-state index in [1.807, 2.05) is 85.8 Å². The summed E-state index contributed by atoms with van der Waals surface area (Å²) in [7, 11) is 0. The van der Waals surface area contributed by atoms with Crippen molar-refractivity contribution in [1.82, 2.24) is 4.90 Å². The lowest BCUT2D eigenvalue weighted by molar-refractivity contribution is -0.122. The Morgan fingerprint density at radius 1 is 1.09 bits per heavy atom. The topological polar surface area (TPSA) is 51.1 Å². The second kappa shape index (κ2) is 12.6. The highest BCUT2D eigenvalue weighted by Crippen LogP contribution is 2.35. The number of hydrogen-bond acceptors (Lipinski definition) is 5. The Labute approximate surface area is 228 Å². The Hall–Kier alpha value is -2.33. The number of hydrogen-bond donors (Lipinski definition) is 0. The Morgan fingerprint density at radius 3 is 2.57 bits per heavy atom. The number of rotatable bonds is 9. The summed E-state index contributed by atoms with van der Waals surface area (Å²) in [4.78, 5) is 20.2. The van der Waals surface area contributed by atoms with Crippen LogP contribution in [0.25, 0.3) is 6.08 Å². The number of halogens is 2. The van der Waals surface area contributed by atoms with Gasteiger partial charge >= 0.3 is 0 Å². The molecule has 1 fully saturated rings. The van der Waals surface area contributed by atoms with Gasteiger partial charge in [0, 0.05) is 11.6 Å². The van der Waals surface area contributed by atoms with Crippen LogP contribution in [-0.4, -0.2) is 35.7 Å². The lowest BCUT2D eigenvalue weighted by atomic mass is 10.2. The van der Waals surface area contributed by atoms with Crippen LogP contribution in [0.2, 0.25) is 5.02 Å². The molecule has 0 spiro atoms. The highest BCUT2D eigenvalue weighted by molar-refractivity contribution is 14.1. The summed E-state index contributed by atoms with van der Waals surface area (Å²) in [6, 6.07) is 23.1. The molecule has 0 N–H and O–H groups in total. The van der Waals surface area contributed by atoms with E-state index in [1.54, 1.807) is 4.90 Å². The molecule has 0 bridgehead atoms. The predicted molar refractivity (Wildman–Crippen MR) is 152 cm³/mol. The molecule has 1 aliphatic rings. The molecular formula is C27H24ClIN2O3S. The lowest BCUT2D eigenvalue weighted by Crippen LogP contribution is -2.32. The number of nitrogens with zero attached hydrogens (tertiary/aromatic N) is 2. The lowest BCUT2D eigenvalue weighted by Gasteiger charge is -2.15. The minimum absolute atomic E-state index is 0.0672. The van der Waals surface area contributed by atoms with E-state index in [2.05, 4.69) is 22.6 Å². The van der Waals surface area contributed by atoms with Crippen molar-refractivity contribution < 1.29 is 14.3 Å². The largest absolute Gasteiger partial charge is 0.488 e. The SMILES string of the molecule is CCOCCN1C(=O)/C(=C/c2ccc(OCc3ccc(Cl)cc3)c(I)c2)SC1=Nc1ccccc1. The zero-order valence-corrected chi connectivity index (χ0v) is 22.8. The Kier molecular flexibility index (Phi) is 9.25. The number of amidine groups is 1. The maximum Gasteiger partial charge on any atom is 0.266 e. The van der Waals surface area contributed by atoms with E-state index in [0.717, 1.165) is 26.1 Å². The van der Waals surface area contributed by atoms with Gasteiger partial charge in [0.05, 0.1) is 27.3 Å². The van der Waals surface area contributed by atoms with Crippen LogP contribution in [0.1, 0.15) is 18.1 Å². The number of carbonyl (C=O) groups is 1. The van der Waals surface area contributed by atoms with E-state index in [-0.39, 0.29) is 5.91 Å². The summed E-state index contributed by atoms with van der Waals surface area (Å²) < 4.78 is 12.4. The molecule has 180 valence electrons. The molecule has 0 aliphatic carbocycles. The molecule has 1 aliphatic heterocycles. The van der Waals surface area contributed by atoms with Gasteiger partial charge < -0.3 is 9.47 Å². The van der Waals surface area contributed by atoms with Gasteiger partial charge in [-0.15, -0.1) is 0 Å². The maximum atomic E-state index is 13.2. The van der Waals surface area contributed by atoms with Gasteiger partial charge in [-0.3, -0.25) is 9.69 Å². The van der Waals surface area contributed by atoms with Crippen LogP contribution < -0.4 is 4.74 Å². The molecule has 3 aromatic rings. The van der Waals surface area contributed by atoms with E-state index in [1.165, 1.54) is 11.8 Å². The van der Waals surface area contributed by atoms with E-state index in [9.17, 15) is 4.79 Å². The first-order chi connectivity index (χ1) is 17.0. The third-order valence-corrected chi connectivity index (χ3v) is 7.20. The van der Waals surface area contributed by atoms with Crippen molar-refractivity contribution in [3.63, 3.8) is 0 Å². The number of benzene rings is 3. The van der Waals surface area contributed by atoms with Crippen molar-refractivity contribution in [2.45, 2.75) is 13.5 Å². The smallest absolute Gasteiger partial charge is 0.266 e. The third kappa shape index (κ3) is 7.10. The van der Waals surface area contributed by atoms with Gasteiger partial charge in [-0.05, 0) is 94.9 Å². The van der Waals surface area contributed by atoms with Crippen molar-refractivity contribution in [1.29, 1.82) is 0 Å². The van der Waals surface area contributed by atoms with Crippen molar-refractivity contribution >= 4 is 68.8 Å². The zero-order valence-electron chi connectivity index (χ0n) is 19.1. The van der Waals surface area contributed by atoms with Crippen molar-refractivity contribution in [3.05, 3.63) is 97.4 Å². The fourth-order valence-electron chi connectivity index (χ4n) is 3.32. The van der Waals surface area contributed by atoms with Crippen LogP contribution in [0.15, 0.2) is 82.7 Å². The molecule has 0 unspecified atom stereocenters. The zero-order chi connectivity index (χ0) is 24.6. The number of para-hydroxylation sites is 1. The first kappa shape index (κ1) is 25.8. The summed E-state index contributed by atoms with van der Waals surface area (Å²) in [6.07, 6.45) is 1.90. The monoisotopic (exact) mass is 618 g/mol. The van der Waals surface area contributed by atoms with Crippen LogP contribution in [0.5, 0.6) is 5.75 Å². The average Bonchev–Trinajstić information content (AvgIpc) is 3.14. The summed E-state index contributed by atoms with van der Waals surface area (Å²) in [5.74, 6) is 0.722. The first-order valence-corrected chi connectivity index (χ1v) is 13.4. The second-order valence-electron chi connectivity index (χ2n) is 7.60. The van der Waals surface area contributed by atoms with Crippen LogP contribution in [0.4, 0.5) is 5.69 Å². The summed E-state index contributed by atoms with van der Waals surface area (Å²) >= 11 is 9.59. The van der Waals surface area contributed by atoms with E-state index in [0.29, 0.717) is 41.5 Å². The van der Waals surface area contributed by atoms with Gasteiger partial charge in [-0.25, -0.2) is 4.99 Å². The van der Waals surface area contributed by atoms with Crippen molar-refractivity contribution in [2.24, 2.45) is 4.99 Å². The fraction of sp³-hybridized carbons (Fsp3) is 0.185. The Balaban J connectivity index is 1.51. The summed E-state index contributed by atoms with van der Waals surface area (Å²) in [5.41, 5.74) is 2.78. The number of amides is 1. The molecule has 0 aromatic heterocycles. The van der Waals surface area contributed by atoms with E-state index < -0.39 is 0 Å². The van der Waals surface area contributed by atoms with Gasteiger partial charge in [0.15, 0.2) is 5.17 Å². The number of carbonyl (C=O) groups excluding carboxylic acids is 1. The number of aliphatic imine (C=N–C) groups is 1. The Morgan fingerprint density at radius 2 is 1.86 bits per heavy atom. The van der Waals surface area contributed by atoms with Crippen LogP contribution in [0.3, 0.4) is 0 Å². The summed E-state index contributed by atoms with van der Waals surface area (Å²) in [5, 5.41) is 1.36. The fourth-order valence-corrected chi connectivity index (χ4v) is 5.16. The molecule has 1 amide bonds. The molecule has 0 atom stereocenters. The first-order valence-electron chi connectivity index (χ1n) is 11.1. The predicted octanol–water partition coefficient (Wildman–Crippen LogP) is 7.16. The molecule has 8 heteroatoms. The third-order valence-electron chi connectivity index (χ3n) is 5.09. The van der Waals surface area contributed by atoms with Crippen LogP contribution in [-0.2, 0) is 16.1 Å². The van der Waals surface area contributed by atoms with Crippen LogP contribution >= 0.6 is 46.0 Å². The molecule has 0 radical (unpaired) electrons. The Bertz CT molecular complexity index is 1230. The van der Waals surface area contributed by atoms with E-state index in [4.69, 9.17) is 26.1 Å². The number of thioether (sulfide) groups is 1. The molecule has 1 heterocycles. The van der Waals surface area contributed by atoms with Gasteiger partial charge in [0.25, 0.3) is 5.91 Å². The maximum absolute atomic E-state index is 13.2. The van der Waals surface area contributed by atoms with Crippen LogP contribution in [0, 0.1) is 3.57 Å². The number of ether oxygens (including phenoxy) is 2. The van der Waals surface area contributed by atoms with Gasteiger partial charge in [0.2, 0.25) is 0 Å². The minimum atomic E-state index is -0.0672. The molecule has 1 saturated heterocycles. The van der Waals surface area contributed by atoms with Gasteiger partial charge in [-0.1, -0.05) is 48.0 Å². The highest BCUT2D eigenvalue weighted by atomic mass is 127. The van der Waals surface area contributed by atoms with Crippen molar-refractivity contribution in [2.75, 3.05) is 19.8 Å². The standard InChI is InChI=1S/C27H24ClIN2O3S/c1-2-33-15-14-31-26(32)25(35-27(31)30-22-6-4-3-5-7-22)17-20-10-13-24(23(29)16-20)34-18-19-8-11-21(28)12-9-19/h3-13,16-17H,2,14-15,18H2,1H3/b25-17-,30-27?. The molecule has 35 heavy (non-hydrogen) atoms. The van der Waals surface area contributed by atoms with Gasteiger partial charge in [0.1, 0.15) is 12.4 Å². The minimum Gasteiger partial charge on any atom is -0.488 e. The highest BCUT2D eigenvalue weighted by Gasteiger charge is 2.33. The molecule has 3 aromatic carbocycles. The molecule has 5 nitrogen and oxygen atoms in total. The average molecular weight is 619 g/mol. The normalized spacial score (nSPS) is 15.9. The second-order valence-corrected chi connectivity index (χ2v) is 10.2. The summed E-state index contributed by atoms with van der Waals surface area (Å²) in [6.45, 7) is 3.92. The van der Waals surface area contributed by atoms with E-state index >= 15 is 0 Å². The van der Waals surface area contributed by atoms with Gasteiger partial charge in [-0.2, -0.15) is 0 Å². The molecule has 0 saturated carbocycles. The van der Waals surface area contributed by atoms with Crippen molar-refractivity contribution in [3.8, 4) is 5.75 Å². The quantitative estimate of drug-likeness (QED) is 0.145. The molecule has 4 rings (SSSR count). The molecular weight excluding hydrogens is 595 g/mol.